The van der Waals surface area contributed by atoms with Gasteiger partial charge in [0.2, 0.25) is 0 Å². The van der Waals surface area contributed by atoms with Crippen molar-refractivity contribution < 1.29 is 23.8 Å². The SMILES string of the molecule is CC(=O)OC[C@@H](C)C(OCc1ccccc1)[C@@H](C)COC(C)=O. The van der Waals surface area contributed by atoms with Gasteiger partial charge in [0, 0.05) is 25.7 Å². The average Bonchev–Trinajstić information content (AvgIpc) is 2.52. The lowest BCUT2D eigenvalue weighted by Crippen LogP contribution is -2.35. The molecule has 1 unspecified atom stereocenters. The van der Waals surface area contributed by atoms with Crippen LogP contribution in [0, 0.1) is 11.8 Å². The summed E-state index contributed by atoms with van der Waals surface area (Å²) in [6.07, 6.45) is -0.186. The van der Waals surface area contributed by atoms with Crippen molar-refractivity contribution in [3.8, 4) is 0 Å². The molecule has 5 nitrogen and oxygen atoms in total. The van der Waals surface area contributed by atoms with Crippen LogP contribution in [0.25, 0.3) is 0 Å². The van der Waals surface area contributed by atoms with E-state index in [0.717, 1.165) is 5.56 Å². The number of benzene rings is 1. The van der Waals surface area contributed by atoms with E-state index in [0.29, 0.717) is 6.61 Å². The monoisotopic (exact) mass is 322 g/mol. The highest BCUT2D eigenvalue weighted by atomic mass is 16.5. The van der Waals surface area contributed by atoms with Crippen molar-refractivity contribution in [2.75, 3.05) is 13.2 Å². The van der Waals surface area contributed by atoms with Gasteiger partial charge in [0.1, 0.15) is 0 Å². The van der Waals surface area contributed by atoms with E-state index < -0.39 is 0 Å². The van der Waals surface area contributed by atoms with Gasteiger partial charge < -0.3 is 14.2 Å². The lowest BCUT2D eigenvalue weighted by atomic mass is 9.94. The molecule has 0 aromatic heterocycles. The summed E-state index contributed by atoms with van der Waals surface area (Å²) in [6.45, 7) is 7.70. The molecule has 0 bridgehead atoms. The molecule has 0 saturated carbocycles. The molecular weight excluding hydrogens is 296 g/mol. The number of esters is 2. The first kappa shape index (κ1) is 19.2. The summed E-state index contributed by atoms with van der Waals surface area (Å²) in [7, 11) is 0. The van der Waals surface area contributed by atoms with Crippen LogP contribution in [0.15, 0.2) is 30.3 Å². The summed E-state index contributed by atoms with van der Waals surface area (Å²) >= 11 is 0. The van der Waals surface area contributed by atoms with E-state index in [2.05, 4.69) is 0 Å². The van der Waals surface area contributed by atoms with Gasteiger partial charge in [-0.15, -0.1) is 0 Å². The number of rotatable bonds is 9. The first-order valence-corrected chi connectivity index (χ1v) is 7.82. The molecule has 0 aliphatic heterocycles. The summed E-state index contributed by atoms with van der Waals surface area (Å²) in [6, 6.07) is 9.85. The lowest BCUT2D eigenvalue weighted by molar-refractivity contribution is -0.147. The Morgan fingerprint density at radius 3 is 1.83 bits per heavy atom. The molecule has 0 aliphatic rings. The lowest BCUT2D eigenvalue weighted by Gasteiger charge is -2.29. The Hall–Kier alpha value is -1.88. The number of hydrogen-bond donors (Lipinski definition) is 0. The van der Waals surface area contributed by atoms with Gasteiger partial charge >= 0.3 is 11.9 Å². The molecule has 5 heteroatoms. The van der Waals surface area contributed by atoms with Crippen LogP contribution < -0.4 is 0 Å². The zero-order chi connectivity index (χ0) is 17.2. The minimum Gasteiger partial charge on any atom is -0.465 e. The first-order chi connectivity index (χ1) is 10.9. The third-order valence-corrected chi connectivity index (χ3v) is 3.51. The van der Waals surface area contributed by atoms with Crippen molar-refractivity contribution in [1.29, 1.82) is 0 Å². The van der Waals surface area contributed by atoms with Gasteiger partial charge in [-0.05, 0) is 5.56 Å². The Balaban J connectivity index is 2.65. The van der Waals surface area contributed by atoms with Gasteiger partial charge in [-0.25, -0.2) is 0 Å². The Kier molecular flexibility index (Phi) is 8.33. The van der Waals surface area contributed by atoms with Crippen LogP contribution in [-0.4, -0.2) is 31.3 Å². The van der Waals surface area contributed by atoms with E-state index in [1.165, 1.54) is 13.8 Å². The van der Waals surface area contributed by atoms with E-state index >= 15 is 0 Å². The summed E-state index contributed by atoms with van der Waals surface area (Å²) in [5, 5.41) is 0. The highest BCUT2D eigenvalue weighted by Crippen LogP contribution is 2.20. The van der Waals surface area contributed by atoms with Crippen molar-refractivity contribution in [2.45, 2.75) is 40.4 Å². The van der Waals surface area contributed by atoms with Crippen LogP contribution in [0.4, 0.5) is 0 Å². The normalized spacial score (nSPS) is 14.6. The van der Waals surface area contributed by atoms with Gasteiger partial charge in [-0.1, -0.05) is 44.2 Å². The van der Waals surface area contributed by atoms with E-state index in [4.69, 9.17) is 14.2 Å². The number of carbonyl (C=O) groups excluding carboxylic acids is 2. The van der Waals surface area contributed by atoms with Crippen molar-refractivity contribution >= 4 is 11.9 Å². The molecule has 0 saturated heterocycles. The Bertz CT molecular complexity index is 461. The number of carbonyl (C=O) groups is 2. The third-order valence-electron chi connectivity index (χ3n) is 3.51. The van der Waals surface area contributed by atoms with Gasteiger partial charge in [-0.3, -0.25) is 9.59 Å². The number of ether oxygens (including phenoxy) is 3. The zero-order valence-corrected chi connectivity index (χ0v) is 14.3. The molecule has 0 N–H and O–H groups in total. The van der Waals surface area contributed by atoms with Crippen molar-refractivity contribution in [3.05, 3.63) is 35.9 Å². The minimum atomic E-state index is -0.314. The number of hydrogen-bond acceptors (Lipinski definition) is 5. The second-order valence-corrected chi connectivity index (χ2v) is 5.82. The Labute approximate surface area is 137 Å². The Morgan fingerprint density at radius 2 is 1.39 bits per heavy atom. The quantitative estimate of drug-likeness (QED) is 0.654. The maximum Gasteiger partial charge on any atom is 0.302 e. The van der Waals surface area contributed by atoms with Crippen LogP contribution in [0.1, 0.15) is 33.3 Å². The first-order valence-electron chi connectivity index (χ1n) is 7.82. The predicted octanol–water partition coefficient (Wildman–Crippen LogP) is 2.97. The van der Waals surface area contributed by atoms with Gasteiger partial charge in [0.25, 0.3) is 0 Å². The summed E-state index contributed by atoms with van der Waals surface area (Å²) in [5.74, 6) is -0.640. The molecule has 0 radical (unpaired) electrons. The molecule has 0 amide bonds. The highest BCUT2D eigenvalue weighted by Gasteiger charge is 2.26. The fourth-order valence-electron chi connectivity index (χ4n) is 2.34. The maximum atomic E-state index is 11.0. The molecule has 0 fully saturated rings. The molecule has 1 rings (SSSR count). The maximum absolute atomic E-state index is 11.0. The summed E-state index contributed by atoms with van der Waals surface area (Å²) in [4.78, 5) is 22.0. The average molecular weight is 322 g/mol. The van der Waals surface area contributed by atoms with Crippen molar-refractivity contribution in [2.24, 2.45) is 11.8 Å². The molecule has 1 aromatic carbocycles. The molecular formula is C18H26O5. The molecule has 0 aliphatic carbocycles. The second kappa shape index (κ2) is 10.0. The largest absolute Gasteiger partial charge is 0.465 e. The van der Waals surface area contributed by atoms with Crippen LogP contribution in [-0.2, 0) is 30.4 Å². The molecule has 0 heterocycles. The molecule has 3 atom stereocenters. The molecule has 1 aromatic rings. The topological polar surface area (TPSA) is 61.8 Å². The van der Waals surface area contributed by atoms with Crippen molar-refractivity contribution in [3.63, 3.8) is 0 Å². The highest BCUT2D eigenvalue weighted by molar-refractivity contribution is 5.66. The fraction of sp³-hybridized carbons (Fsp3) is 0.556. The second-order valence-electron chi connectivity index (χ2n) is 5.82. The van der Waals surface area contributed by atoms with Crippen LogP contribution >= 0.6 is 0 Å². The van der Waals surface area contributed by atoms with Gasteiger partial charge in [0.05, 0.1) is 25.9 Å². The molecule has 0 spiro atoms. The van der Waals surface area contributed by atoms with Crippen LogP contribution in [0.5, 0.6) is 0 Å². The predicted molar refractivity (Wildman–Crippen MR) is 86.6 cm³/mol. The van der Waals surface area contributed by atoms with E-state index in [-0.39, 0.29) is 43.1 Å². The molecule has 128 valence electrons. The van der Waals surface area contributed by atoms with Gasteiger partial charge in [0.15, 0.2) is 0 Å². The molecule has 23 heavy (non-hydrogen) atoms. The van der Waals surface area contributed by atoms with E-state index in [9.17, 15) is 9.59 Å². The summed E-state index contributed by atoms with van der Waals surface area (Å²) < 4.78 is 16.2. The van der Waals surface area contributed by atoms with Crippen LogP contribution in [0.3, 0.4) is 0 Å². The standard InChI is InChI=1S/C18H26O5/c1-13(10-21-15(3)19)18(14(2)11-22-16(4)20)23-12-17-8-6-5-7-9-17/h5-9,13-14,18H,10-12H2,1-4H3/t13-,14+,18?. The minimum absolute atomic E-state index is 0.00632. The van der Waals surface area contributed by atoms with E-state index in [1.807, 2.05) is 44.2 Å². The third kappa shape index (κ3) is 7.79. The Morgan fingerprint density at radius 1 is 0.913 bits per heavy atom. The fourth-order valence-corrected chi connectivity index (χ4v) is 2.34. The summed E-state index contributed by atoms with van der Waals surface area (Å²) in [5.41, 5.74) is 1.07. The van der Waals surface area contributed by atoms with Crippen molar-refractivity contribution in [1.82, 2.24) is 0 Å². The smallest absolute Gasteiger partial charge is 0.302 e. The van der Waals surface area contributed by atoms with Gasteiger partial charge in [-0.2, -0.15) is 0 Å². The zero-order valence-electron chi connectivity index (χ0n) is 14.3. The van der Waals surface area contributed by atoms with Crippen LogP contribution in [0.2, 0.25) is 0 Å². The van der Waals surface area contributed by atoms with E-state index in [1.54, 1.807) is 0 Å².